The Kier molecular flexibility index (Phi) is 5.54. The molecule has 1 N–H and O–H groups in total. The van der Waals surface area contributed by atoms with Gasteiger partial charge in [0.25, 0.3) is 5.91 Å². The number of nitrogens with zero attached hydrogens (tertiary/aromatic N) is 4. The van der Waals surface area contributed by atoms with E-state index in [1.807, 2.05) is 18.2 Å². The minimum absolute atomic E-state index is 0.00357. The number of hydrogen-bond donors (Lipinski definition) is 1. The monoisotopic (exact) mass is 459 g/mol. The molecule has 1 aliphatic rings. The van der Waals surface area contributed by atoms with E-state index in [4.69, 9.17) is 0 Å². The van der Waals surface area contributed by atoms with Crippen molar-refractivity contribution < 1.29 is 9.59 Å². The predicted molar refractivity (Wildman–Crippen MR) is 113 cm³/mol. The lowest BCUT2D eigenvalue weighted by Crippen LogP contribution is -2.51. The average molecular weight is 460 g/mol. The Morgan fingerprint density at radius 1 is 1.14 bits per heavy atom. The summed E-state index contributed by atoms with van der Waals surface area (Å²) >= 11 is 4.91. The van der Waals surface area contributed by atoms with Gasteiger partial charge in [0.1, 0.15) is 10.3 Å². The molecular formula is C19H18BrN5O2S. The summed E-state index contributed by atoms with van der Waals surface area (Å²) in [6, 6.07) is 10.9. The normalized spacial score (nSPS) is 14.3. The third-order valence-electron chi connectivity index (χ3n) is 4.54. The molecule has 2 aromatic heterocycles. The summed E-state index contributed by atoms with van der Waals surface area (Å²) in [7, 11) is 0. The number of aromatic nitrogens is 2. The minimum atomic E-state index is -0.254. The molecule has 3 aromatic rings. The molecule has 28 heavy (non-hydrogen) atoms. The molecule has 0 atom stereocenters. The number of fused-ring (bicyclic) bond motifs is 1. The van der Waals surface area contributed by atoms with Crippen molar-refractivity contribution in [1.29, 1.82) is 0 Å². The number of nitrogens with one attached hydrogen (secondary N) is 1. The number of carbonyl (C=O) groups is 2. The average Bonchev–Trinajstić information content (AvgIpc) is 3.16. The first-order chi connectivity index (χ1) is 13.6. The zero-order chi connectivity index (χ0) is 19.5. The fourth-order valence-electron chi connectivity index (χ4n) is 3.04. The number of benzene rings is 1. The van der Waals surface area contributed by atoms with Crippen molar-refractivity contribution >= 4 is 54.6 Å². The first-order valence-corrected chi connectivity index (χ1v) is 10.5. The van der Waals surface area contributed by atoms with Gasteiger partial charge < -0.3 is 15.1 Å². The van der Waals surface area contributed by atoms with Crippen LogP contribution in [0.15, 0.2) is 47.1 Å². The van der Waals surface area contributed by atoms with Gasteiger partial charge in [-0.2, -0.15) is 0 Å². The first kappa shape index (κ1) is 18.8. The zero-order valence-electron chi connectivity index (χ0n) is 15.0. The highest BCUT2D eigenvalue weighted by Crippen LogP contribution is 2.27. The molecule has 0 saturated carbocycles. The lowest BCUT2D eigenvalue weighted by molar-refractivity contribution is -0.130. The maximum absolute atomic E-state index is 12.4. The van der Waals surface area contributed by atoms with Gasteiger partial charge in [0.15, 0.2) is 5.13 Å². The second kappa shape index (κ2) is 8.24. The molecule has 0 spiro atoms. The van der Waals surface area contributed by atoms with Crippen molar-refractivity contribution in [3.63, 3.8) is 0 Å². The van der Waals surface area contributed by atoms with E-state index >= 15 is 0 Å². The number of hydrogen-bond acceptors (Lipinski definition) is 6. The molecular weight excluding hydrogens is 442 g/mol. The molecule has 144 valence electrons. The standard InChI is InChI=1S/C19H18BrN5O2S/c20-14-4-1-3-13(11-14)17(27)22-12-16(26)24-7-9-25(10-8-24)19-23-15-5-2-6-21-18(15)28-19/h1-6,11H,7-10,12H2,(H,22,27). The molecule has 2 amide bonds. The van der Waals surface area contributed by atoms with Crippen molar-refractivity contribution in [2.75, 3.05) is 37.6 Å². The number of pyridine rings is 1. The Bertz CT molecular complexity index is 983. The SMILES string of the molecule is O=C(NCC(=O)N1CCN(c2nc3cccnc3s2)CC1)c1cccc(Br)c1. The lowest BCUT2D eigenvalue weighted by Gasteiger charge is -2.34. The van der Waals surface area contributed by atoms with Gasteiger partial charge in [-0.05, 0) is 30.3 Å². The molecule has 3 heterocycles. The highest BCUT2D eigenvalue weighted by Gasteiger charge is 2.23. The number of halogens is 1. The molecule has 1 aromatic carbocycles. The smallest absolute Gasteiger partial charge is 0.251 e. The highest BCUT2D eigenvalue weighted by atomic mass is 79.9. The lowest BCUT2D eigenvalue weighted by atomic mass is 10.2. The molecule has 0 aliphatic carbocycles. The van der Waals surface area contributed by atoms with E-state index in [0.29, 0.717) is 31.7 Å². The van der Waals surface area contributed by atoms with Crippen LogP contribution in [-0.2, 0) is 4.79 Å². The second-order valence-electron chi connectivity index (χ2n) is 6.38. The van der Waals surface area contributed by atoms with Gasteiger partial charge in [-0.3, -0.25) is 9.59 Å². The quantitative estimate of drug-likeness (QED) is 0.648. The summed E-state index contributed by atoms with van der Waals surface area (Å²) in [4.78, 5) is 38.5. The van der Waals surface area contributed by atoms with Crippen LogP contribution in [-0.4, -0.2) is 59.4 Å². The van der Waals surface area contributed by atoms with Crippen LogP contribution in [0.2, 0.25) is 0 Å². The second-order valence-corrected chi connectivity index (χ2v) is 8.26. The van der Waals surface area contributed by atoms with Gasteiger partial charge in [0.05, 0.1) is 6.54 Å². The fraction of sp³-hybridized carbons (Fsp3) is 0.263. The van der Waals surface area contributed by atoms with Crippen LogP contribution >= 0.6 is 27.3 Å². The number of rotatable bonds is 4. The van der Waals surface area contributed by atoms with Crippen molar-refractivity contribution in [1.82, 2.24) is 20.2 Å². The molecule has 1 aliphatic heterocycles. The van der Waals surface area contributed by atoms with Crippen LogP contribution in [0.4, 0.5) is 5.13 Å². The molecule has 0 radical (unpaired) electrons. The van der Waals surface area contributed by atoms with E-state index in [0.717, 1.165) is 20.0 Å². The van der Waals surface area contributed by atoms with Gasteiger partial charge in [0.2, 0.25) is 5.91 Å². The Morgan fingerprint density at radius 3 is 2.71 bits per heavy atom. The summed E-state index contributed by atoms with van der Waals surface area (Å²) in [5, 5.41) is 3.63. The van der Waals surface area contributed by atoms with Crippen LogP contribution < -0.4 is 10.2 Å². The number of anilines is 1. The zero-order valence-corrected chi connectivity index (χ0v) is 17.4. The summed E-state index contributed by atoms with van der Waals surface area (Å²) in [6.07, 6.45) is 1.77. The molecule has 4 rings (SSSR count). The highest BCUT2D eigenvalue weighted by molar-refractivity contribution is 9.10. The maximum atomic E-state index is 12.4. The van der Waals surface area contributed by atoms with Crippen LogP contribution in [0.5, 0.6) is 0 Å². The van der Waals surface area contributed by atoms with Crippen molar-refractivity contribution in [3.05, 3.63) is 52.6 Å². The first-order valence-electron chi connectivity index (χ1n) is 8.88. The topological polar surface area (TPSA) is 78.4 Å². The Hall–Kier alpha value is -2.52. The molecule has 7 nitrogen and oxygen atoms in total. The van der Waals surface area contributed by atoms with Crippen molar-refractivity contribution in [3.8, 4) is 0 Å². The third kappa shape index (κ3) is 4.15. The molecule has 9 heteroatoms. The number of piperazine rings is 1. The third-order valence-corrected chi connectivity index (χ3v) is 6.08. The molecule has 0 unspecified atom stereocenters. The summed E-state index contributed by atoms with van der Waals surface area (Å²) in [5.74, 6) is -0.329. The van der Waals surface area contributed by atoms with Gasteiger partial charge in [-0.1, -0.05) is 33.3 Å². The number of amides is 2. The number of thiazole rings is 1. The van der Waals surface area contributed by atoms with E-state index < -0.39 is 0 Å². The maximum Gasteiger partial charge on any atom is 0.251 e. The molecule has 1 saturated heterocycles. The van der Waals surface area contributed by atoms with Gasteiger partial charge in [-0.25, -0.2) is 9.97 Å². The fourth-order valence-corrected chi connectivity index (χ4v) is 4.40. The largest absolute Gasteiger partial charge is 0.344 e. The van der Waals surface area contributed by atoms with Gasteiger partial charge >= 0.3 is 0 Å². The van der Waals surface area contributed by atoms with Crippen LogP contribution in [0.1, 0.15) is 10.4 Å². The summed E-state index contributed by atoms with van der Waals surface area (Å²) in [6.45, 7) is 2.64. The molecule has 0 bridgehead atoms. The van der Waals surface area contributed by atoms with Crippen molar-refractivity contribution in [2.24, 2.45) is 0 Å². The van der Waals surface area contributed by atoms with Crippen LogP contribution in [0.25, 0.3) is 10.3 Å². The van der Waals surface area contributed by atoms with E-state index in [1.54, 1.807) is 40.6 Å². The summed E-state index contributed by atoms with van der Waals surface area (Å²) in [5.41, 5.74) is 1.42. The van der Waals surface area contributed by atoms with Gasteiger partial charge in [-0.15, -0.1) is 0 Å². The Balaban J connectivity index is 1.29. The van der Waals surface area contributed by atoms with Crippen molar-refractivity contribution in [2.45, 2.75) is 0 Å². The van der Waals surface area contributed by atoms with Crippen LogP contribution in [0, 0.1) is 0 Å². The Labute approximate surface area is 174 Å². The summed E-state index contributed by atoms with van der Waals surface area (Å²) < 4.78 is 0.827. The molecule has 1 fully saturated rings. The predicted octanol–water partition coefficient (Wildman–Crippen LogP) is 2.53. The van der Waals surface area contributed by atoms with E-state index in [2.05, 4.69) is 36.1 Å². The van der Waals surface area contributed by atoms with E-state index in [1.165, 1.54) is 0 Å². The Morgan fingerprint density at radius 2 is 1.96 bits per heavy atom. The van der Waals surface area contributed by atoms with Gasteiger partial charge in [0, 0.05) is 42.4 Å². The van der Waals surface area contributed by atoms with E-state index in [-0.39, 0.29) is 18.4 Å². The van der Waals surface area contributed by atoms with E-state index in [9.17, 15) is 9.59 Å². The number of carbonyl (C=O) groups excluding carboxylic acids is 2. The minimum Gasteiger partial charge on any atom is -0.344 e. The van der Waals surface area contributed by atoms with Crippen LogP contribution in [0.3, 0.4) is 0 Å².